The monoisotopic (exact) mass is 483 g/mol. The van der Waals surface area contributed by atoms with E-state index in [1.165, 1.54) is 11.8 Å². The molecule has 0 saturated carbocycles. The van der Waals surface area contributed by atoms with Gasteiger partial charge in [-0.25, -0.2) is 8.42 Å². The number of benzene rings is 2. The van der Waals surface area contributed by atoms with E-state index in [-0.39, 0.29) is 6.29 Å². The van der Waals surface area contributed by atoms with Crippen molar-refractivity contribution in [3.05, 3.63) is 71.9 Å². The molecule has 182 valence electrons. The SMILES string of the molecule is Cc1c(CCOCCOC2CCCCO2)cc(-c2ccc(S(C)(=O)=O)cc2)n1-c1ccccc1. The zero-order chi connectivity index (χ0) is 24.0. The molecule has 1 aliphatic rings. The topological polar surface area (TPSA) is 66.8 Å². The lowest BCUT2D eigenvalue weighted by molar-refractivity contribution is -0.168. The van der Waals surface area contributed by atoms with E-state index in [1.807, 2.05) is 30.3 Å². The van der Waals surface area contributed by atoms with Gasteiger partial charge in [-0.15, -0.1) is 0 Å². The minimum atomic E-state index is -3.24. The van der Waals surface area contributed by atoms with E-state index in [0.29, 0.717) is 24.7 Å². The molecule has 34 heavy (non-hydrogen) atoms. The molecule has 0 bridgehead atoms. The third kappa shape index (κ3) is 6.16. The van der Waals surface area contributed by atoms with Crippen molar-refractivity contribution in [3.8, 4) is 16.9 Å². The van der Waals surface area contributed by atoms with Crippen molar-refractivity contribution < 1.29 is 22.6 Å². The summed E-state index contributed by atoms with van der Waals surface area (Å²) in [4.78, 5) is 0.320. The second-order valence-electron chi connectivity index (χ2n) is 8.64. The summed E-state index contributed by atoms with van der Waals surface area (Å²) in [6.07, 6.45) is 5.14. The number of nitrogens with zero attached hydrogens (tertiary/aromatic N) is 1. The van der Waals surface area contributed by atoms with Crippen LogP contribution in [0.25, 0.3) is 16.9 Å². The van der Waals surface area contributed by atoms with Crippen molar-refractivity contribution in [3.63, 3.8) is 0 Å². The van der Waals surface area contributed by atoms with Gasteiger partial charge in [0, 0.05) is 24.2 Å². The zero-order valence-corrected chi connectivity index (χ0v) is 20.7. The largest absolute Gasteiger partial charge is 0.379 e. The highest BCUT2D eigenvalue weighted by Crippen LogP contribution is 2.30. The molecule has 3 aromatic rings. The van der Waals surface area contributed by atoms with Gasteiger partial charge in [-0.05, 0) is 74.1 Å². The Labute approximate surface area is 202 Å². The Bertz CT molecular complexity index is 1160. The Morgan fingerprint density at radius 3 is 2.44 bits per heavy atom. The number of aromatic nitrogens is 1. The fraction of sp³-hybridized carbons (Fsp3) is 0.407. The lowest BCUT2D eigenvalue weighted by atomic mass is 10.1. The van der Waals surface area contributed by atoms with E-state index in [1.54, 1.807) is 12.1 Å². The molecule has 1 aliphatic heterocycles. The zero-order valence-electron chi connectivity index (χ0n) is 19.9. The Hall–Kier alpha value is -2.45. The van der Waals surface area contributed by atoms with Gasteiger partial charge in [0.2, 0.25) is 0 Å². The van der Waals surface area contributed by atoms with E-state index < -0.39 is 9.84 Å². The van der Waals surface area contributed by atoms with Crippen LogP contribution in [0.4, 0.5) is 0 Å². The maximum atomic E-state index is 11.9. The summed E-state index contributed by atoms with van der Waals surface area (Å²) in [5.74, 6) is 0. The van der Waals surface area contributed by atoms with Crippen LogP contribution in [0.5, 0.6) is 0 Å². The van der Waals surface area contributed by atoms with Crippen molar-refractivity contribution in [2.75, 3.05) is 32.7 Å². The summed E-state index contributed by atoms with van der Waals surface area (Å²) >= 11 is 0. The molecule has 1 fully saturated rings. The molecule has 2 heterocycles. The van der Waals surface area contributed by atoms with Crippen LogP contribution in [0.2, 0.25) is 0 Å². The van der Waals surface area contributed by atoms with Crippen molar-refractivity contribution >= 4 is 9.84 Å². The first kappa shape index (κ1) is 24.7. The molecule has 2 aromatic carbocycles. The molecule has 0 amide bonds. The Morgan fingerprint density at radius 2 is 1.76 bits per heavy atom. The van der Waals surface area contributed by atoms with E-state index in [2.05, 4.69) is 29.7 Å². The van der Waals surface area contributed by atoms with Crippen molar-refractivity contribution in [2.45, 2.75) is 43.8 Å². The van der Waals surface area contributed by atoms with Gasteiger partial charge in [0.05, 0.1) is 30.4 Å². The quantitative estimate of drug-likeness (QED) is 0.382. The predicted molar refractivity (Wildman–Crippen MR) is 133 cm³/mol. The van der Waals surface area contributed by atoms with E-state index in [9.17, 15) is 8.42 Å². The molecule has 7 heteroatoms. The number of rotatable bonds is 10. The first-order valence-corrected chi connectivity index (χ1v) is 13.7. The lowest BCUT2D eigenvalue weighted by Crippen LogP contribution is -2.24. The standard InChI is InChI=1S/C27H33NO5S/c1-21-23(15-17-31-18-19-33-27-10-6-7-16-32-27)20-26(28(21)24-8-4-3-5-9-24)22-11-13-25(14-12-22)34(2,29)30/h3-5,8-9,11-14,20,27H,6-7,10,15-19H2,1-2H3. The van der Waals surface area contributed by atoms with Crippen LogP contribution in [0.15, 0.2) is 65.6 Å². The molecule has 1 aromatic heterocycles. The number of ether oxygens (including phenoxy) is 3. The fourth-order valence-corrected chi connectivity index (χ4v) is 4.90. The van der Waals surface area contributed by atoms with Gasteiger partial charge in [0.25, 0.3) is 0 Å². The van der Waals surface area contributed by atoms with Gasteiger partial charge >= 0.3 is 0 Å². The molecule has 4 rings (SSSR count). The van der Waals surface area contributed by atoms with Crippen LogP contribution >= 0.6 is 0 Å². The second-order valence-corrected chi connectivity index (χ2v) is 10.7. The van der Waals surface area contributed by atoms with Gasteiger partial charge in [-0.1, -0.05) is 30.3 Å². The number of hydrogen-bond donors (Lipinski definition) is 0. The average Bonchev–Trinajstić information content (AvgIpc) is 3.18. The summed E-state index contributed by atoms with van der Waals surface area (Å²) in [6, 6.07) is 19.4. The van der Waals surface area contributed by atoms with E-state index in [4.69, 9.17) is 14.2 Å². The van der Waals surface area contributed by atoms with Crippen molar-refractivity contribution in [1.82, 2.24) is 4.57 Å². The van der Waals surface area contributed by atoms with Gasteiger partial charge in [-0.2, -0.15) is 0 Å². The van der Waals surface area contributed by atoms with Crippen LogP contribution in [-0.4, -0.2) is 52.0 Å². The normalized spacial score (nSPS) is 16.6. The van der Waals surface area contributed by atoms with Gasteiger partial charge < -0.3 is 18.8 Å². The summed E-state index contributed by atoms with van der Waals surface area (Å²) < 4.78 is 43.1. The Morgan fingerprint density at radius 1 is 1.00 bits per heavy atom. The summed E-state index contributed by atoms with van der Waals surface area (Å²) in [7, 11) is -3.24. The Balaban J connectivity index is 1.46. The van der Waals surface area contributed by atoms with Crippen molar-refractivity contribution in [2.24, 2.45) is 0 Å². The minimum Gasteiger partial charge on any atom is -0.379 e. The van der Waals surface area contributed by atoms with Crippen LogP contribution in [0.1, 0.15) is 30.5 Å². The molecule has 1 saturated heterocycles. The van der Waals surface area contributed by atoms with Gasteiger partial charge in [-0.3, -0.25) is 0 Å². The molecule has 0 aliphatic carbocycles. The maximum absolute atomic E-state index is 11.9. The molecular weight excluding hydrogens is 450 g/mol. The summed E-state index contributed by atoms with van der Waals surface area (Å²) in [5, 5.41) is 0. The van der Waals surface area contributed by atoms with Crippen LogP contribution in [-0.2, 0) is 30.5 Å². The third-order valence-electron chi connectivity index (χ3n) is 6.13. The molecule has 6 nitrogen and oxygen atoms in total. The number of hydrogen-bond acceptors (Lipinski definition) is 5. The van der Waals surface area contributed by atoms with Gasteiger partial charge in [0.15, 0.2) is 16.1 Å². The van der Waals surface area contributed by atoms with E-state index in [0.717, 1.165) is 54.9 Å². The maximum Gasteiger partial charge on any atom is 0.175 e. The molecule has 1 atom stereocenters. The Kier molecular flexibility index (Phi) is 8.21. The molecule has 0 spiro atoms. The molecular formula is C27H33NO5S. The van der Waals surface area contributed by atoms with Gasteiger partial charge in [0.1, 0.15) is 0 Å². The molecule has 0 radical (unpaired) electrons. The third-order valence-corrected chi connectivity index (χ3v) is 7.26. The first-order chi connectivity index (χ1) is 16.4. The number of sulfone groups is 1. The van der Waals surface area contributed by atoms with E-state index >= 15 is 0 Å². The predicted octanol–water partition coefficient (Wildman–Crippen LogP) is 4.96. The summed E-state index contributed by atoms with van der Waals surface area (Å²) in [5.41, 5.74) is 5.39. The lowest BCUT2D eigenvalue weighted by Gasteiger charge is -2.22. The van der Waals surface area contributed by atoms with Crippen molar-refractivity contribution in [1.29, 1.82) is 0 Å². The minimum absolute atomic E-state index is 0.0869. The highest BCUT2D eigenvalue weighted by molar-refractivity contribution is 7.90. The van der Waals surface area contributed by atoms with Crippen LogP contribution in [0, 0.1) is 6.92 Å². The second kappa shape index (κ2) is 11.3. The number of para-hydroxylation sites is 1. The molecule has 0 N–H and O–H groups in total. The molecule has 1 unspecified atom stereocenters. The fourth-order valence-electron chi connectivity index (χ4n) is 4.27. The highest BCUT2D eigenvalue weighted by Gasteiger charge is 2.16. The van der Waals surface area contributed by atoms with Crippen LogP contribution < -0.4 is 0 Å². The van der Waals surface area contributed by atoms with Crippen LogP contribution in [0.3, 0.4) is 0 Å². The smallest absolute Gasteiger partial charge is 0.175 e. The first-order valence-electron chi connectivity index (χ1n) is 11.8. The highest BCUT2D eigenvalue weighted by atomic mass is 32.2. The average molecular weight is 484 g/mol. The summed E-state index contributed by atoms with van der Waals surface area (Å²) in [6.45, 7) is 4.56.